The number of aromatic nitrogens is 2. The van der Waals surface area contributed by atoms with Crippen LogP contribution in [0.2, 0.25) is 0 Å². The fourth-order valence-corrected chi connectivity index (χ4v) is 2.52. The molecule has 0 saturated heterocycles. The third kappa shape index (κ3) is 2.17. The second-order valence-electron chi connectivity index (χ2n) is 4.66. The van der Waals surface area contributed by atoms with E-state index in [2.05, 4.69) is 20.5 Å². The number of hydrogen-bond donors (Lipinski definition) is 1. The lowest BCUT2D eigenvalue weighted by atomic mass is 10.1. The number of nitrogens with two attached hydrogens (primary N) is 1. The van der Waals surface area contributed by atoms with E-state index in [4.69, 9.17) is 10.5 Å². The van der Waals surface area contributed by atoms with Gasteiger partial charge in [-0.15, -0.1) is 0 Å². The lowest BCUT2D eigenvalue weighted by molar-refractivity contribution is 0.414. The summed E-state index contributed by atoms with van der Waals surface area (Å²) in [5.41, 5.74) is 8.12. The van der Waals surface area contributed by atoms with Crippen LogP contribution in [0.3, 0.4) is 0 Å². The normalized spacial score (nSPS) is 14.3. The van der Waals surface area contributed by atoms with E-state index < -0.39 is 0 Å². The van der Waals surface area contributed by atoms with Crippen LogP contribution in [0, 0.1) is 0 Å². The molecule has 0 amide bonds. The third-order valence-electron chi connectivity index (χ3n) is 3.60. The number of anilines is 1. The Labute approximate surface area is 112 Å². The van der Waals surface area contributed by atoms with Crippen molar-refractivity contribution in [3.63, 3.8) is 0 Å². The van der Waals surface area contributed by atoms with Gasteiger partial charge < -0.3 is 19.9 Å². The van der Waals surface area contributed by atoms with Gasteiger partial charge in [0.05, 0.1) is 13.7 Å². The molecule has 0 fully saturated rings. The maximum atomic E-state index is 5.84. The lowest BCUT2D eigenvalue weighted by Crippen LogP contribution is -2.34. The summed E-state index contributed by atoms with van der Waals surface area (Å²) in [6, 6.07) is 6.05. The van der Waals surface area contributed by atoms with E-state index in [-0.39, 0.29) is 0 Å². The van der Waals surface area contributed by atoms with Crippen molar-refractivity contribution in [2.24, 2.45) is 5.73 Å². The van der Waals surface area contributed by atoms with Crippen LogP contribution in [0.5, 0.6) is 5.75 Å². The van der Waals surface area contributed by atoms with Crippen molar-refractivity contribution in [1.82, 2.24) is 9.55 Å². The molecule has 100 valence electrons. The highest BCUT2D eigenvalue weighted by molar-refractivity contribution is 5.57. The van der Waals surface area contributed by atoms with Gasteiger partial charge in [0.1, 0.15) is 11.6 Å². The average Bonchev–Trinajstić information content (AvgIpc) is 2.93. The van der Waals surface area contributed by atoms with Gasteiger partial charge in [-0.05, 0) is 11.6 Å². The van der Waals surface area contributed by atoms with Crippen LogP contribution in [-0.4, -0.2) is 23.2 Å². The number of methoxy groups -OCH3 is 1. The van der Waals surface area contributed by atoms with Gasteiger partial charge in [0.25, 0.3) is 0 Å². The molecular weight excluding hydrogens is 240 g/mol. The molecular formula is C14H18N4O. The Balaban J connectivity index is 1.94. The quantitative estimate of drug-likeness (QED) is 0.903. The van der Waals surface area contributed by atoms with Gasteiger partial charge in [0.2, 0.25) is 0 Å². The summed E-state index contributed by atoms with van der Waals surface area (Å²) in [5.74, 6) is 1.96. The van der Waals surface area contributed by atoms with E-state index in [1.165, 1.54) is 0 Å². The minimum absolute atomic E-state index is 0.532. The van der Waals surface area contributed by atoms with Crippen molar-refractivity contribution in [2.75, 3.05) is 18.6 Å². The fourth-order valence-electron chi connectivity index (χ4n) is 2.52. The monoisotopic (exact) mass is 258 g/mol. The Morgan fingerprint density at radius 2 is 2.26 bits per heavy atom. The Hall–Kier alpha value is -2.01. The Bertz CT molecular complexity index is 579. The van der Waals surface area contributed by atoms with E-state index in [1.807, 2.05) is 24.5 Å². The molecule has 2 heterocycles. The molecule has 0 unspecified atom stereocenters. The van der Waals surface area contributed by atoms with Crippen LogP contribution in [0.25, 0.3) is 0 Å². The third-order valence-corrected chi connectivity index (χ3v) is 3.60. The van der Waals surface area contributed by atoms with Crippen molar-refractivity contribution >= 4 is 5.69 Å². The van der Waals surface area contributed by atoms with Gasteiger partial charge in [0, 0.05) is 43.8 Å². The minimum atomic E-state index is 0.532. The molecule has 0 bridgehead atoms. The maximum Gasteiger partial charge on any atom is 0.128 e. The van der Waals surface area contributed by atoms with Crippen LogP contribution in [0.1, 0.15) is 11.4 Å². The molecule has 1 aliphatic heterocycles. The van der Waals surface area contributed by atoms with E-state index in [1.54, 1.807) is 7.11 Å². The SMILES string of the molecule is COc1ccc(CN)c(N2CCn3ccnc3C2)c1. The molecule has 5 heteroatoms. The Kier molecular flexibility index (Phi) is 3.13. The Morgan fingerprint density at radius 3 is 3.05 bits per heavy atom. The fraction of sp³-hybridized carbons (Fsp3) is 0.357. The van der Waals surface area contributed by atoms with Crippen molar-refractivity contribution in [1.29, 1.82) is 0 Å². The number of benzene rings is 1. The summed E-state index contributed by atoms with van der Waals surface area (Å²) >= 11 is 0. The molecule has 19 heavy (non-hydrogen) atoms. The minimum Gasteiger partial charge on any atom is -0.497 e. The van der Waals surface area contributed by atoms with Gasteiger partial charge >= 0.3 is 0 Å². The Morgan fingerprint density at radius 1 is 1.37 bits per heavy atom. The first-order valence-corrected chi connectivity index (χ1v) is 6.43. The molecule has 0 aliphatic carbocycles. The van der Waals surface area contributed by atoms with Crippen LogP contribution in [0.4, 0.5) is 5.69 Å². The molecule has 0 spiro atoms. The molecule has 2 aromatic rings. The van der Waals surface area contributed by atoms with E-state index >= 15 is 0 Å². The molecule has 1 aliphatic rings. The first-order chi connectivity index (χ1) is 9.31. The van der Waals surface area contributed by atoms with Crippen molar-refractivity contribution in [3.8, 4) is 5.75 Å². The number of fused-ring (bicyclic) bond motifs is 1. The molecule has 5 nitrogen and oxygen atoms in total. The highest BCUT2D eigenvalue weighted by atomic mass is 16.5. The predicted octanol–water partition coefficient (Wildman–Crippen LogP) is 1.37. The summed E-state index contributed by atoms with van der Waals surface area (Å²) in [6.07, 6.45) is 3.89. The van der Waals surface area contributed by atoms with Crippen LogP contribution in [0.15, 0.2) is 30.6 Å². The summed E-state index contributed by atoms with van der Waals surface area (Å²) in [7, 11) is 1.68. The molecule has 3 rings (SSSR count). The van der Waals surface area contributed by atoms with Crippen LogP contribution >= 0.6 is 0 Å². The second kappa shape index (κ2) is 4.93. The topological polar surface area (TPSA) is 56.3 Å². The van der Waals surface area contributed by atoms with E-state index in [9.17, 15) is 0 Å². The molecule has 1 aromatic heterocycles. The standard InChI is InChI=1S/C14H18N4O/c1-19-12-3-2-11(9-15)13(8-12)18-7-6-17-5-4-16-14(17)10-18/h2-5,8H,6-7,9-10,15H2,1H3. The molecule has 1 aromatic carbocycles. The van der Waals surface area contributed by atoms with Gasteiger partial charge in [-0.1, -0.05) is 6.07 Å². The second-order valence-corrected chi connectivity index (χ2v) is 4.66. The average molecular weight is 258 g/mol. The van der Waals surface area contributed by atoms with Crippen LogP contribution < -0.4 is 15.4 Å². The van der Waals surface area contributed by atoms with Crippen LogP contribution in [-0.2, 0) is 19.6 Å². The summed E-state index contributed by atoms with van der Waals surface area (Å²) < 4.78 is 7.50. The van der Waals surface area contributed by atoms with Crippen molar-refractivity contribution < 1.29 is 4.74 Å². The first-order valence-electron chi connectivity index (χ1n) is 6.43. The number of nitrogens with zero attached hydrogens (tertiary/aromatic N) is 3. The zero-order valence-electron chi connectivity index (χ0n) is 11.0. The van der Waals surface area contributed by atoms with Crippen molar-refractivity contribution in [2.45, 2.75) is 19.6 Å². The zero-order chi connectivity index (χ0) is 13.2. The lowest BCUT2D eigenvalue weighted by Gasteiger charge is -2.31. The van der Waals surface area contributed by atoms with Gasteiger partial charge in [-0.2, -0.15) is 0 Å². The molecule has 2 N–H and O–H groups in total. The summed E-state index contributed by atoms with van der Waals surface area (Å²) in [4.78, 5) is 6.70. The molecule has 0 saturated carbocycles. The number of hydrogen-bond acceptors (Lipinski definition) is 4. The largest absolute Gasteiger partial charge is 0.497 e. The van der Waals surface area contributed by atoms with Gasteiger partial charge in [-0.3, -0.25) is 0 Å². The number of rotatable bonds is 3. The summed E-state index contributed by atoms with van der Waals surface area (Å²) in [6.45, 7) is 3.26. The smallest absolute Gasteiger partial charge is 0.128 e. The highest BCUT2D eigenvalue weighted by Gasteiger charge is 2.19. The predicted molar refractivity (Wildman–Crippen MR) is 74.2 cm³/mol. The summed E-state index contributed by atoms with van der Waals surface area (Å²) in [5, 5.41) is 0. The number of ether oxygens (including phenoxy) is 1. The maximum absolute atomic E-state index is 5.84. The highest BCUT2D eigenvalue weighted by Crippen LogP contribution is 2.28. The zero-order valence-corrected chi connectivity index (χ0v) is 11.0. The van der Waals surface area contributed by atoms with Gasteiger partial charge in [0.15, 0.2) is 0 Å². The first kappa shape index (κ1) is 12.0. The molecule has 0 atom stereocenters. The van der Waals surface area contributed by atoms with Crippen molar-refractivity contribution in [3.05, 3.63) is 42.0 Å². The number of imidazole rings is 1. The molecule has 0 radical (unpaired) electrons. The van der Waals surface area contributed by atoms with E-state index in [0.29, 0.717) is 6.54 Å². The van der Waals surface area contributed by atoms with E-state index in [0.717, 1.165) is 42.5 Å². The van der Waals surface area contributed by atoms with Gasteiger partial charge in [-0.25, -0.2) is 4.98 Å².